The fourth-order valence-electron chi connectivity index (χ4n) is 0.839. The number of carbonyl (C=O) groups excluding carboxylic acids is 1. The van der Waals surface area contributed by atoms with Gasteiger partial charge in [-0.3, -0.25) is 4.79 Å². The number of halogens is 1. The van der Waals surface area contributed by atoms with Crippen LogP contribution in [0.1, 0.15) is 9.75 Å². The minimum atomic E-state index is -1.37. The van der Waals surface area contributed by atoms with Gasteiger partial charge in [-0.05, 0) is 28.9 Å². The molecule has 1 heterocycles. The summed E-state index contributed by atoms with van der Waals surface area (Å²) in [6.45, 7) is 1.91. The van der Waals surface area contributed by atoms with Gasteiger partial charge < -0.3 is 5.11 Å². The number of ketones is 1. The Morgan fingerprint density at radius 3 is 2.62 bits per heavy atom. The summed E-state index contributed by atoms with van der Waals surface area (Å²) in [4.78, 5) is 22.9. The highest BCUT2D eigenvalue weighted by molar-refractivity contribution is 9.10. The lowest BCUT2D eigenvalue weighted by molar-refractivity contribution is -0.148. The minimum absolute atomic E-state index is 0.0214. The summed E-state index contributed by atoms with van der Waals surface area (Å²) >= 11 is 4.72. The van der Waals surface area contributed by atoms with E-state index in [4.69, 9.17) is 5.11 Å². The van der Waals surface area contributed by atoms with E-state index in [-0.39, 0.29) is 6.42 Å². The fraction of sp³-hybridized carbons (Fsp3) is 0.250. The molecular formula is C8H7BrO3S. The maximum atomic E-state index is 10.8. The van der Waals surface area contributed by atoms with E-state index >= 15 is 0 Å². The molecule has 0 aliphatic heterocycles. The van der Waals surface area contributed by atoms with Gasteiger partial charge >= 0.3 is 5.97 Å². The van der Waals surface area contributed by atoms with E-state index in [0.29, 0.717) is 0 Å². The number of Topliss-reactive ketones (excluding diaryl/α,β-unsaturated/α-hetero) is 1. The average Bonchev–Trinajstić information content (AvgIpc) is 2.31. The molecule has 70 valence electrons. The zero-order valence-corrected chi connectivity index (χ0v) is 9.24. The number of carboxylic acid groups (broad SMARTS) is 1. The zero-order chi connectivity index (χ0) is 10.0. The van der Waals surface area contributed by atoms with Crippen molar-refractivity contribution in [3.05, 3.63) is 20.3 Å². The Morgan fingerprint density at radius 1 is 1.62 bits per heavy atom. The topological polar surface area (TPSA) is 54.4 Å². The van der Waals surface area contributed by atoms with Gasteiger partial charge in [0, 0.05) is 14.2 Å². The van der Waals surface area contributed by atoms with Crippen LogP contribution in [0, 0.1) is 6.92 Å². The first-order chi connectivity index (χ1) is 6.00. The molecule has 1 aromatic rings. The van der Waals surface area contributed by atoms with Crippen molar-refractivity contribution in [3.8, 4) is 0 Å². The van der Waals surface area contributed by atoms with Gasteiger partial charge in [-0.15, -0.1) is 11.3 Å². The Kier molecular flexibility index (Phi) is 3.22. The SMILES string of the molecule is Cc1sc(CC(=O)C(=O)O)cc1Br. The molecule has 0 fully saturated rings. The van der Waals surface area contributed by atoms with Gasteiger partial charge in [-0.2, -0.15) is 0 Å². The number of aliphatic carboxylic acids is 1. The van der Waals surface area contributed by atoms with Crippen LogP contribution < -0.4 is 0 Å². The van der Waals surface area contributed by atoms with Gasteiger partial charge in [0.2, 0.25) is 5.78 Å². The molecule has 0 bridgehead atoms. The number of rotatable bonds is 3. The number of aryl methyl sites for hydroxylation is 1. The second-order valence-corrected chi connectivity index (χ2v) is 4.72. The average molecular weight is 263 g/mol. The molecule has 1 aromatic heterocycles. The van der Waals surface area contributed by atoms with E-state index in [1.807, 2.05) is 6.92 Å². The third-order valence-electron chi connectivity index (χ3n) is 1.48. The first kappa shape index (κ1) is 10.4. The molecule has 0 aliphatic rings. The summed E-state index contributed by atoms with van der Waals surface area (Å²) in [7, 11) is 0. The molecule has 3 nitrogen and oxygen atoms in total. The number of thiophene rings is 1. The summed E-state index contributed by atoms with van der Waals surface area (Å²) < 4.78 is 0.922. The monoisotopic (exact) mass is 262 g/mol. The third-order valence-corrected chi connectivity index (χ3v) is 3.62. The van der Waals surface area contributed by atoms with Crippen LogP contribution in [0.5, 0.6) is 0 Å². The quantitative estimate of drug-likeness (QED) is 0.849. The van der Waals surface area contributed by atoms with Crippen LogP contribution in [0.15, 0.2) is 10.5 Å². The predicted molar refractivity (Wildman–Crippen MR) is 53.1 cm³/mol. The summed E-state index contributed by atoms with van der Waals surface area (Å²) in [5, 5.41) is 8.36. The number of carbonyl (C=O) groups is 2. The Labute approximate surface area is 87.5 Å². The summed E-state index contributed by atoms with van der Waals surface area (Å²) in [6.07, 6.45) is -0.0214. The van der Waals surface area contributed by atoms with Gasteiger partial charge in [0.25, 0.3) is 0 Å². The van der Waals surface area contributed by atoms with Gasteiger partial charge in [-0.1, -0.05) is 0 Å². The van der Waals surface area contributed by atoms with Crippen LogP contribution in [0.4, 0.5) is 0 Å². The molecular weight excluding hydrogens is 256 g/mol. The van der Waals surface area contributed by atoms with Crippen molar-refractivity contribution in [2.24, 2.45) is 0 Å². The molecule has 0 unspecified atom stereocenters. The van der Waals surface area contributed by atoms with Crippen molar-refractivity contribution in [3.63, 3.8) is 0 Å². The van der Waals surface area contributed by atoms with Crippen molar-refractivity contribution in [2.75, 3.05) is 0 Å². The second-order valence-electron chi connectivity index (χ2n) is 2.52. The van der Waals surface area contributed by atoms with Gasteiger partial charge in [0.15, 0.2) is 0 Å². The summed E-state index contributed by atoms with van der Waals surface area (Å²) in [5.74, 6) is -2.14. The van der Waals surface area contributed by atoms with Crippen molar-refractivity contribution in [2.45, 2.75) is 13.3 Å². The molecule has 0 atom stereocenters. The van der Waals surface area contributed by atoms with Crippen molar-refractivity contribution >= 4 is 39.0 Å². The van der Waals surface area contributed by atoms with Crippen LogP contribution in [-0.2, 0) is 16.0 Å². The van der Waals surface area contributed by atoms with Gasteiger partial charge in [-0.25, -0.2) is 4.79 Å². The lowest BCUT2D eigenvalue weighted by Crippen LogP contribution is -2.14. The zero-order valence-electron chi connectivity index (χ0n) is 6.83. The second kappa shape index (κ2) is 4.02. The van der Waals surface area contributed by atoms with E-state index in [0.717, 1.165) is 14.2 Å². The number of hydrogen-bond acceptors (Lipinski definition) is 3. The molecule has 0 radical (unpaired) electrons. The lowest BCUT2D eigenvalue weighted by Gasteiger charge is -1.89. The first-order valence-electron chi connectivity index (χ1n) is 3.51. The molecule has 5 heteroatoms. The Hall–Kier alpha value is -0.680. The predicted octanol–water partition coefficient (Wildman–Crippen LogP) is 2.02. The van der Waals surface area contributed by atoms with E-state index in [1.165, 1.54) is 11.3 Å². The molecule has 0 saturated carbocycles. The molecule has 0 spiro atoms. The van der Waals surface area contributed by atoms with E-state index in [2.05, 4.69) is 15.9 Å². The van der Waals surface area contributed by atoms with Crippen LogP contribution in [0.25, 0.3) is 0 Å². The summed E-state index contributed by atoms with van der Waals surface area (Å²) in [6, 6.07) is 1.78. The van der Waals surface area contributed by atoms with E-state index < -0.39 is 11.8 Å². The number of carboxylic acids is 1. The smallest absolute Gasteiger partial charge is 0.372 e. The van der Waals surface area contributed by atoms with Crippen LogP contribution in [0.2, 0.25) is 0 Å². The van der Waals surface area contributed by atoms with Crippen LogP contribution in [0.3, 0.4) is 0 Å². The molecule has 0 saturated heterocycles. The largest absolute Gasteiger partial charge is 0.475 e. The highest BCUT2D eigenvalue weighted by atomic mass is 79.9. The maximum Gasteiger partial charge on any atom is 0.372 e. The Balaban J connectivity index is 2.75. The van der Waals surface area contributed by atoms with Crippen molar-refractivity contribution in [1.82, 2.24) is 0 Å². The highest BCUT2D eigenvalue weighted by Crippen LogP contribution is 2.26. The standard InChI is InChI=1S/C8H7BrO3S/c1-4-6(9)2-5(13-4)3-7(10)8(11)12/h2H,3H2,1H3,(H,11,12). The highest BCUT2D eigenvalue weighted by Gasteiger charge is 2.14. The molecule has 0 aliphatic carbocycles. The Morgan fingerprint density at radius 2 is 2.23 bits per heavy atom. The van der Waals surface area contributed by atoms with Gasteiger partial charge in [0.05, 0.1) is 6.42 Å². The summed E-state index contributed by atoms with van der Waals surface area (Å²) in [5.41, 5.74) is 0. The molecule has 0 aromatic carbocycles. The first-order valence-corrected chi connectivity index (χ1v) is 5.12. The fourth-order valence-corrected chi connectivity index (χ4v) is 2.44. The van der Waals surface area contributed by atoms with E-state index in [9.17, 15) is 9.59 Å². The van der Waals surface area contributed by atoms with Crippen LogP contribution in [-0.4, -0.2) is 16.9 Å². The minimum Gasteiger partial charge on any atom is -0.475 e. The van der Waals surface area contributed by atoms with E-state index in [1.54, 1.807) is 6.07 Å². The molecule has 1 N–H and O–H groups in total. The molecule has 13 heavy (non-hydrogen) atoms. The maximum absolute atomic E-state index is 10.8. The Bertz CT molecular complexity index is 337. The lowest BCUT2D eigenvalue weighted by atomic mass is 10.2. The van der Waals surface area contributed by atoms with Gasteiger partial charge in [0.1, 0.15) is 0 Å². The van der Waals surface area contributed by atoms with Crippen molar-refractivity contribution < 1.29 is 14.7 Å². The normalized spacial score (nSPS) is 10.0. The molecule has 1 rings (SSSR count). The van der Waals surface area contributed by atoms with Crippen molar-refractivity contribution in [1.29, 1.82) is 0 Å². The molecule has 0 amide bonds. The number of hydrogen-bond donors (Lipinski definition) is 1. The van der Waals surface area contributed by atoms with Crippen LogP contribution >= 0.6 is 27.3 Å². The third kappa shape index (κ3) is 2.63.